The predicted octanol–water partition coefficient (Wildman–Crippen LogP) is 5.21. The van der Waals surface area contributed by atoms with Crippen LogP contribution in [0.5, 0.6) is 0 Å². The molecule has 0 bridgehead atoms. The third-order valence-corrected chi connectivity index (χ3v) is 3.09. The molecule has 0 saturated heterocycles. The van der Waals surface area contributed by atoms with Crippen LogP contribution in [-0.2, 0) is 6.42 Å². The maximum absolute atomic E-state index is 9.98. The van der Waals surface area contributed by atoms with E-state index in [0.29, 0.717) is 6.54 Å². The Bertz CT molecular complexity index is 483. The maximum atomic E-state index is 9.98. The Morgan fingerprint density at radius 1 is 0.840 bits per heavy atom. The minimum atomic E-state index is -0.451. The smallest absolute Gasteiger partial charge is 0.0914 e. The number of nitrogens with one attached hydrogen (secondary N) is 1. The van der Waals surface area contributed by atoms with Crippen molar-refractivity contribution in [1.29, 1.82) is 0 Å². The molecule has 3 heteroatoms. The summed E-state index contributed by atoms with van der Waals surface area (Å²) in [5.41, 5.74) is 8.62. The summed E-state index contributed by atoms with van der Waals surface area (Å²) in [5.74, 6) is 0. The lowest BCUT2D eigenvalue weighted by atomic mass is 10.1. The van der Waals surface area contributed by atoms with E-state index in [0.717, 1.165) is 24.2 Å². The number of aliphatic hydroxyl groups is 1. The highest BCUT2D eigenvalue weighted by Crippen LogP contribution is 2.10. The van der Waals surface area contributed by atoms with Crippen molar-refractivity contribution in [2.45, 2.75) is 54.1 Å². The van der Waals surface area contributed by atoms with Crippen LogP contribution in [-0.4, -0.2) is 18.2 Å². The summed E-state index contributed by atoms with van der Waals surface area (Å²) >= 11 is 0. The first kappa shape index (κ1) is 25.4. The molecule has 0 fully saturated rings. The molecule has 142 valence electrons. The molecule has 25 heavy (non-hydrogen) atoms. The van der Waals surface area contributed by atoms with E-state index in [2.05, 4.69) is 5.32 Å². The van der Waals surface area contributed by atoms with Crippen molar-refractivity contribution in [3.63, 3.8) is 0 Å². The molecule has 0 heterocycles. The van der Waals surface area contributed by atoms with E-state index in [-0.39, 0.29) is 0 Å². The summed E-state index contributed by atoms with van der Waals surface area (Å²) in [6.45, 7) is 13.4. The van der Waals surface area contributed by atoms with Gasteiger partial charge in [-0.05, 0) is 36.2 Å². The Labute approximate surface area is 155 Å². The molecule has 0 radical (unpaired) electrons. The zero-order valence-corrected chi connectivity index (χ0v) is 16.9. The Morgan fingerprint density at radius 2 is 1.36 bits per heavy atom. The first-order valence-electron chi connectivity index (χ1n) is 9.54. The van der Waals surface area contributed by atoms with Gasteiger partial charge >= 0.3 is 0 Å². The van der Waals surface area contributed by atoms with Crippen molar-refractivity contribution >= 4 is 5.69 Å². The van der Waals surface area contributed by atoms with Gasteiger partial charge in [-0.25, -0.2) is 0 Å². The second-order valence-electron chi connectivity index (χ2n) is 4.62. The molecule has 0 aromatic heterocycles. The van der Waals surface area contributed by atoms with Gasteiger partial charge in [0.05, 0.1) is 6.10 Å². The molecule has 2 rings (SSSR count). The van der Waals surface area contributed by atoms with E-state index in [4.69, 9.17) is 5.73 Å². The van der Waals surface area contributed by atoms with Crippen molar-refractivity contribution < 1.29 is 5.11 Å². The second-order valence-corrected chi connectivity index (χ2v) is 4.62. The largest absolute Gasteiger partial charge is 0.399 e. The molecular weight excluding hydrogens is 308 g/mol. The highest BCUT2D eigenvalue weighted by Gasteiger charge is 2.05. The number of anilines is 1. The van der Waals surface area contributed by atoms with E-state index in [1.165, 1.54) is 5.56 Å². The number of hydrogen-bond donors (Lipinski definition) is 3. The quantitative estimate of drug-likeness (QED) is 0.497. The van der Waals surface area contributed by atoms with Crippen LogP contribution in [0.4, 0.5) is 5.69 Å². The highest BCUT2D eigenvalue weighted by molar-refractivity contribution is 5.39. The van der Waals surface area contributed by atoms with Crippen LogP contribution in [0.3, 0.4) is 0 Å². The molecule has 2 aromatic rings. The van der Waals surface area contributed by atoms with Crippen molar-refractivity contribution in [3.05, 3.63) is 65.7 Å². The first-order chi connectivity index (χ1) is 12.3. The van der Waals surface area contributed by atoms with Gasteiger partial charge in [-0.3, -0.25) is 0 Å². The van der Waals surface area contributed by atoms with E-state index in [1.54, 1.807) is 0 Å². The lowest BCUT2D eigenvalue weighted by Gasteiger charge is -2.12. The van der Waals surface area contributed by atoms with Crippen molar-refractivity contribution in [2.24, 2.45) is 0 Å². The fraction of sp³-hybridized carbons (Fsp3) is 0.455. The van der Waals surface area contributed by atoms with Gasteiger partial charge in [0.15, 0.2) is 0 Å². The Hall–Kier alpha value is -1.84. The number of nitrogen functional groups attached to an aromatic ring is 1. The normalized spacial score (nSPS) is 10.0. The van der Waals surface area contributed by atoms with Gasteiger partial charge < -0.3 is 16.2 Å². The van der Waals surface area contributed by atoms with E-state index >= 15 is 0 Å². The van der Waals surface area contributed by atoms with Gasteiger partial charge in [0.2, 0.25) is 0 Å². The summed E-state index contributed by atoms with van der Waals surface area (Å²) in [6.07, 6.45) is 0.481. The van der Waals surface area contributed by atoms with Crippen LogP contribution < -0.4 is 11.1 Å². The molecule has 0 aliphatic carbocycles. The van der Waals surface area contributed by atoms with Crippen LogP contribution in [0.1, 0.15) is 58.8 Å². The van der Waals surface area contributed by atoms with E-state index < -0.39 is 6.10 Å². The number of hydrogen-bond acceptors (Lipinski definition) is 3. The van der Waals surface area contributed by atoms with E-state index in [9.17, 15) is 5.11 Å². The summed E-state index contributed by atoms with van der Waals surface area (Å²) in [6, 6.07) is 17.6. The standard InChI is InChI=1S/C16H20N2O.3C2H6/c17-15-8-6-13(7-9-15)10-11-18-12-16(19)14-4-2-1-3-5-14;3*1-2/h1-9,16,18-19H,10-12,17H2;3*1-2H3/t16-;;;/m0.../s1. The lowest BCUT2D eigenvalue weighted by Crippen LogP contribution is -2.23. The SMILES string of the molecule is CC.CC.CC.Nc1ccc(CCNC[C@H](O)c2ccccc2)cc1. The monoisotopic (exact) mass is 346 g/mol. The van der Waals surface area contributed by atoms with Gasteiger partial charge in [-0.15, -0.1) is 0 Å². The topological polar surface area (TPSA) is 58.3 Å². The summed E-state index contributed by atoms with van der Waals surface area (Å²) in [7, 11) is 0. The molecule has 0 saturated carbocycles. The molecular formula is C22H38N2O. The molecule has 3 nitrogen and oxygen atoms in total. The van der Waals surface area contributed by atoms with Crippen molar-refractivity contribution in [2.75, 3.05) is 18.8 Å². The molecule has 0 unspecified atom stereocenters. The molecule has 4 N–H and O–H groups in total. The summed E-state index contributed by atoms with van der Waals surface area (Å²) in [4.78, 5) is 0. The van der Waals surface area contributed by atoms with Crippen LogP contribution in [0, 0.1) is 0 Å². The third kappa shape index (κ3) is 12.2. The molecule has 0 amide bonds. The van der Waals surface area contributed by atoms with Gasteiger partial charge in [-0.1, -0.05) is 84.0 Å². The molecule has 1 atom stereocenters. The maximum Gasteiger partial charge on any atom is 0.0914 e. The zero-order valence-electron chi connectivity index (χ0n) is 16.9. The molecule has 0 aliphatic rings. The van der Waals surface area contributed by atoms with Gasteiger partial charge in [0.1, 0.15) is 0 Å². The Kier molecular flexibility index (Phi) is 18.8. The zero-order chi connectivity index (χ0) is 19.5. The number of benzene rings is 2. The second kappa shape index (κ2) is 18.5. The molecule has 2 aromatic carbocycles. The summed E-state index contributed by atoms with van der Waals surface area (Å²) in [5, 5.41) is 13.2. The minimum absolute atomic E-state index is 0.451. The summed E-state index contributed by atoms with van der Waals surface area (Å²) < 4.78 is 0. The van der Waals surface area contributed by atoms with Crippen molar-refractivity contribution in [1.82, 2.24) is 5.32 Å². The predicted molar refractivity (Wildman–Crippen MR) is 113 cm³/mol. The molecule has 0 spiro atoms. The molecule has 0 aliphatic heterocycles. The van der Waals surface area contributed by atoms with Crippen LogP contribution in [0.15, 0.2) is 54.6 Å². The number of rotatable bonds is 6. The first-order valence-corrected chi connectivity index (χ1v) is 9.54. The minimum Gasteiger partial charge on any atom is -0.399 e. The fourth-order valence-corrected chi connectivity index (χ4v) is 1.95. The van der Waals surface area contributed by atoms with Crippen molar-refractivity contribution in [3.8, 4) is 0 Å². The third-order valence-electron chi connectivity index (χ3n) is 3.09. The number of nitrogens with two attached hydrogens (primary N) is 1. The fourth-order valence-electron chi connectivity index (χ4n) is 1.95. The van der Waals surface area contributed by atoms with Crippen LogP contribution in [0.25, 0.3) is 0 Å². The van der Waals surface area contributed by atoms with Gasteiger partial charge in [-0.2, -0.15) is 0 Å². The van der Waals surface area contributed by atoms with E-state index in [1.807, 2.05) is 96.1 Å². The van der Waals surface area contributed by atoms with Gasteiger partial charge in [0, 0.05) is 12.2 Å². The average Bonchev–Trinajstić information content (AvgIpc) is 2.72. The highest BCUT2D eigenvalue weighted by atomic mass is 16.3. The average molecular weight is 347 g/mol. The Morgan fingerprint density at radius 3 is 1.88 bits per heavy atom. The van der Waals surface area contributed by atoms with Crippen LogP contribution >= 0.6 is 0 Å². The lowest BCUT2D eigenvalue weighted by molar-refractivity contribution is 0.175. The number of aliphatic hydroxyl groups excluding tert-OH is 1. The van der Waals surface area contributed by atoms with Crippen LogP contribution in [0.2, 0.25) is 0 Å². The van der Waals surface area contributed by atoms with Gasteiger partial charge in [0.25, 0.3) is 0 Å². The Balaban J connectivity index is 0.